The number of ketones is 2. The Labute approximate surface area is 94.5 Å². The van der Waals surface area contributed by atoms with Crippen LogP contribution in [-0.2, 0) is 14.4 Å². The molecular formula is C11H18O5. The largest absolute Gasteiger partial charge is 0.481 e. The number of carboxylic acids is 1. The molecule has 0 aliphatic rings. The fraction of sp³-hybridized carbons (Fsp3) is 0.727. The number of carboxylic acid groups (broad SMARTS) is 1. The monoisotopic (exact) mass is 230 g/mol. The molecule has 92 valence electrons. The highest BCUT2D eigenvalue weighted by molar-refractivity contribution is 5.90. The minimum Gasteiger partial charge on any atom is -0.481 e. The lowest BCUT2D eigenvalue weighted by Crippen LogP contribution is -2.42. The van der Waals surface area contributed by atoms with Crippen LogP contribution in [0.1, 0.15) is 40.0 Å². The van der Waals surface area contributed by atoms with Crippen LogP contribution in [-0.4, -0.2) is 33.9 Å². The average Bonchev–Trinajstić information content (AvgIpc) is 2.15. The molecule has 0 rings (SSSR count). The Kier molecular flexibility index (Phi) is 5.30. The topological polar surface area (TPSA) is 91.7 Å². The molecule has 0 bridgehead atoms. The van der Waals surface area contributed by atoms with Crippen LogP contribution in [0.2, 0.25) is 0 Å². The lowest BCUT2D eigenvalue weighted by Gasteiger charge is -2.24. The van der Waals surface area contributed by atoms with Crippen molar-refractivity contribution in [2.75, 3.05) is 0 Å². The van der Waals surface area contributed by atoms with Gasteiger partial charge in [-0.15, -0.1) is 0 Å². The van der Waals surface area contributed by atoms with Crippen molar-refractivity contribution in [2.24, 2.45) is 5.41 Å². The van der Waals surface area contributed by atoms with Gasteiger partial charge in [0.1, 0.15) is 11.9 Å². The molecule has 0 aromatic heterocycles. The Morgan fingerprint density at radius 3 is 2.06 bits per heavy atom. The Bertz CT molecular complexity index is 293. The van der Waals surface area contributed by atoms with Gasteiger partial charge in [0.05, 0.1) is 5.41 Å². The van der Waals surface area contributed by atoms with Crippen molar-refractivity contribution in [1.29, 1.82) is 0 Å². The second-order valence-electron chi connectivity index (χ2n) is 4.45. The summed E-state index contributed by atoms with van der Waals surface area (Å²) in [6.07, 6.45) is -0.887. The standard InChI is InChI=1S/C11H18O5/c1-7(12)5-4-6-8(13)9(14)11(2,3)10(15)16/h9,14H,4-6H2,1-3H3,(H,15,16)/t9-/m0/s1. The van der Waals surface area contributed by atoms with Crippen LogP contribution in [0.5, 0.6) is 0 Å². The maximum atomic E-state index is 11.5. The number of hydrogen-bond acceptors (Lipinski definition) is 4. The van der Waals surface area contributed by atoms with Gasteiger partial charge < -0.3 is 15.0 Å². The maximum absolute atomic E-state index is 11.5. The van der Waals surface area contributed by atoms with Crippen LogP contribution in [0.4, 0.5) is 0 Å². The van der Waals surface area contributed by atoms with Crippen molar-refractivity contribution in [3.8, 4) is 0 Å². The summed E-state index contributed by atoms with van der Waals surface area (Å²) in [5.41, 5.74) is -1.49. The first-order chi connectivity index (χ1) is 7.19. The minimum atomic E-state index is -1.53. The fourth-order valence-electron chi connectivity index (χ4n) is 1.17. The van der Waals surface area contributed by atoms with E-state index in [4.69, 9.17) is 5.11 Å². The van der Waals surface area contributed by atoms with Gasteiger partial charge >= 0.3 is 5.97 Å². The summed E-state index contributed by atoms with van der Waals surface area (Å²) in [6.45, 7) is 4.01. The smallest absolute Gasteiger partial charge is 0.312 e. The van der Waals surface area contributed by atoms with Gasteiger partial charge in [-0.05, 0) is 27.2 Å². The second-order valence-corrected chi connectivity index (χ2v) is 4.45. The molecule has 0 fully saturated rings. The molecule has 16 heavy (non-hydrogen) atoms. The van der Waals surface area contributed by atoms with Gasteiger partial charge in [-0.1, -0.05) is 0 Å². The van der Waals surface area contributed by atoms with E-state index in [0.29, 0.717) is 6.42 Å². The molecule has 0 unspecified atom stereocenters. The lowest BCUT2D eigenvalue weighted by molar-refractivity contribution is -0.158. The number of aliphatic hydroxyl groups is 1. The van der Waals surface area contributed by atoms with Gasteiger partial charge in [0.25, 0.3) is 0 Å². The van der Waals surface area contributed by atoms with Crippen LogP contribution in [0, 0.1) is 5.41 Å². The molecule has 1 atom stereocenters. The summed E-state index contributed by atoms with van der Waals surface area (Å²) in [4.78, 5) is 32.9. The van der Waals surface area contributed by atoms with E-state index in [-0.39, 0.29) is 18.6 Å². The van der Waals surface area contributed by atoms with Gasteiger partial charge in [-0.2, -0.15) is 0 Å². The molecule has 0 radical (unpaired) electrons. The first-order valence-corrected chi connectivity index (χ1v) is 5.13. The molecule has 0 aliphatic heterocycles. The molecule has 0 aromatic rings. The summed E-state index contributed by atoms with van der Waals surface area (Å²) in [5.74, 6) is -1.78. The van der Waals surface area contributed by atoms with Crippen molar-refractivity contribution in [3.05, 3.63) is 0 Å². The van der Waals surface area contributed by atoms with Crippen LogP contribution >= 0.6 is 0 Å². The number of aliphatic hydroxyl groups excluding tert-OH is 1. The van der Waals surface area contributed by atoms with E-state index in [1.165, 1.54) is 20.8 Å². The quantitative estimate of drug-likeness (QED) is 0.674. The summed E-state index contributed by atoms with van der Waals surface area (Å²) >= 11 is 0. The van der Waals surface area contributed by atoms with Crippen molar-refractivity contribution >= 4 is 17.5 Å². The summed E-state index contributed by atoms with van der Waals surface area (Å²) in [6, 6.07) is 0. The van der Waals surface area contributed by atoms with E-state index in [0.717, 1.165) is 0 Å². The zero-order chi connectivity index (χ0) is 12.9. The molecule has 0 amide bonds. The van der Waals surface area contributed by atoms with Crippen LogP contribution in [0.3, 0.4) is 0 Å². The molecule has 0 spiro atoms. The van der Waals surface area contributed by atoms with Gasteiger partial charge in [-0.25, -0.2) is 0 Å². The number of aliphatic carboxylic acids is 1. The third-order valence-corrected chi connectivity index (χ3v) is 2.49. The SMILES string of the molecule is CC(=O)CCCC(=O)[C@H](O)C(C)(C)C(=O)O. The number of hydrogen-bond donors (Lipinski definition) is 2. The normalized spacial score (nSPS) is 13.2. The number of Topliss-reactive ketones (excluding diaryl/α,β-unsaturated/α-hetero) is 2. The van der Waals surface area contributed by atoms with E-state index < -0.39 is 23.3 Å². The first kappa shape index (κ1) is 14.8. The molecular weight excluding hydrogens is 212 g/mol. The van der Waals surface area contributed by atoms with Crippen molar-refractivity contribution in [1.82, 2.24) is 0 Å². The van der Waals surface area contributed by atoms with Crippen LogP contribution in [0.15, 0.2) is 0 Å². The van der Waals surface area contributed by atoms with Gasteiger partial charge in [0, 0.05) is 12.8 Å². The molecule has 0 aliphatic carbocycles. The molecule has 0 aromatic carbocycles. The highest BCUT2D eigenvalue weighted by Crippen LogP contribution is 2.23. The predicted molar refractivity (Wildman–Crippen MR) is 57.0 cm³/mol. The van der Waals surface area contributed by atoms with E-state index in [9.17, 15) is 19.5 Å². The fourth-order valence-corrected chi connectivity index (χ4v) is 1.17. The van der Waals surface area contributed by atoms with Crippen LogP contribution < -0.4 is 0 Å². The molecule has 2 N–H and O–H groups in total. The third kappa shape index (κ3) is 4.10. The van der Waals surface area contributed by atoms with Crippen LogP contribution in [0.25, 0.3) is 0 Å². The van der Waals surface area contributed by atoms with E-state index in [1.807, 2.05) is 0 Å². The molecule has 5 nitrogen and oxygen atoms in total. The van der Waals surface area contributed by atoms with Gasteiger partial charge in [0.15, 0.2) is 5.78 Å². The Balaban J connectivity index is 4.29. The molecule has 0 saturated heterocycles. The first-order valence-electron chi connectivity index (χ1n) is 5.13. The Morgan fingerprint density at radius 2 is 1.69 bits per heavy atom. The maximum Gasteiger partial charge on any atom is 0.312 e. The number of carbonyl (C=O) groups excluding carboxylic acids is 2. The highest BCUT2D eigenvalue weighted by atomic mass is 16.4. The summed E-state index contributed by atoms with van der Waals surface area (Å²) in [7, 11) is 0. The predicted octanol–water partition coefficient (Wildman–Crippen LogP) is 0.786. The van der Waals surface area contributed by atoms with Gasteiger partial charge in [0.2, 0.25) is 0 Å². The zero-order valence-electron chi connectivity index (χ0n) is 9.82. The third-order valence-electron chi connectivity index (χ3n) is 2.49. The highest BCUT2D eigenvalue weighted by Gasteiger charge is 2.39. The Hall–Kier alpha value is -1.23. The Morgan fingerprint density at radius 1 is 1.19 bits per heavy atom. The van der Waals surface area contributed by atoms with E-state index in [2.05, 4.69) is 0 Å². The van der Waals surface area contributed by atoms with Crippen molar-refractivity contribution < 1.29 is 24.6 Å². The molecule has 0 heterocycles. The average molecular weight is 230 g/mol. The summed E-state index contributed by atoms with van der Waals surface area (Å²) in [5, 5.41) is 18.4. The molecule has 0 saturated carbocycles. The lowest BCUT2D eigenvalue weighted by atomic mass is 9.83. The summed E-state index contributed by atoms with van der Waals surface area (Å²) < 4.78 is 0. The molecule has 5 heteroatoms. The second kappa shape index (κ2) is 5.75. The number of carbonyl (C=O) groups is 3. The van der Waals surface area contributed by atoms with E-state index in [1.54, 1.807) is 0 Å². The van der Waals surface area contributed by atoms with E-state index >= 15 is 0 Å². The zero-order valence-corrected chi connectivity index (χ0v) is 9.82. The minimum absolute atomic E-state index is 0.0253. The van der Waals surface area contributed by atoms with Gasteiger partial charge in [-0.3, -0.25) is 9.59 Å². The van der Waals surface area contributed by atoms with Crippen molar-refractivity contribution in [3.63, 3.8) is 0 Å². The van der Waals surface area contributed by atoms with Crippen molar-refractivity contribution in [2.45, 2.75) is 46.1 Å². The number of rotatable bonds is 7.